The van der Waals surface area contributed by atoms with Crippen LogP contribution < -0.4 is 0 Å². The second-order valence-electron chi connectivity index (χ2n) is 3.47. The zero-order valence-electron chi connectivity index (χ0n) is 6.30. The molecule has 0 aromatic heterocycles. The van der Waals surface area contributed by atoms with Gasteiger partial charge in [0.1, 0.15) is 0 Å². The van der Waals surface area contributed by atoms with Gasteiger partial charge in [0, 0.05) is 0 Å². The zero-order chi connectivity index (χ0) is 6.85. The topological polar surface area (TPSA) is 20.2 Å². The monoisotopic (exact) mass is 128 g/mol. The van der Waals surface area contributed by atoms with Crippen molar-refractivity contribution in [2.75, 3.05) is 0 Å². The van der Waals surface area contributed by atoms with Crippen LogP contribution in [-0.2, 0) is 0 Å². The van der Waals surface area contributed by atoms with E-state index < -0.39 is 0 Å². The molecule has 1 saturated carbocycles. The van der Waals surface area contributed by atoms with E-state index in [2.05, 4.69) is 13.8 Å². The molecular formula is C8H16O. The molecule has 0 amide bonds. The molecule has 1 N–H and O–H groups in total. The largest absolute Gasteiger partial charge is 0.393 e. The normalized spacial score (nSPS) is 36.0. The Morgan fingerprint density at radius 3 is 2.22 bits per heavy atom. The Bertz CT molecular complexity index is 88.6. The molecule has 1 rings (SSSR count). The van der Waals surface area contributed by atoms with Crippen LogP contribution in [0, 0.1) is 11.8 Å². The lowest BCUT2D eigenvalue weighted by Gasteiger charge is -2.12. The van der Waals surface area contributed by atoms with Crippen molar-refractivity contribution in [3.63, 3.8) is 0 Å². The van der Waals surface area contributed by atoms with Crippen molar-refractivity contribution < 1.29 is 5.11 Å². The number of aliphatic hydroxyl groups is 1. The van der Waals surface area contributed by atoms with Crippen LogP contribution >= 0.6 is 0 Å². The lowest BCUT2D eigenvalue weighted by molar-refractivity contribution is 0.173. The summed E-state index contributed by atoms with van der Waals surface area (Å²) in [5.74, 6) is 1.56. The first-order valence-corrected chi connectivity index (χ1v) is 3.88. The predicted molar refractivity (Wildman–Crippen MR) is 38.2 cm³/mol. The van der Waals surface area contributed by atoms with E-state index in [0.717, 1.165) is 24.7 Å². The van der Waals surface area contributed by atoms with E-state index in [1.165, 1.54) is 6.42 Å². The third-order valence-corrected chi connectivity index (χ3v) is 2.39. The molecule has 0 radical (unpaired) electrons. The van der Waals surface area contributed by atoms with Gasteiger partial charge in [-0.05, 0) is 31.1 Å². The smallest absolute Gasteiger partial charge is 0.0543 e. The molecule has 1 nitrogen and oxygen atoms in total. The highest BCUT2D eigenvalue weighted by molar-refractivity contribution is 4.76. The number of rotatable bonds is 1. The molecule has 1 fully saturated rings. The van der Waals surface area contributed by atoms with Gasteiger partial charge in [0.25, 0.3) is 0 Å². The second kappa shape index (κ2) is 2.70. The van der Waals surface area contributed by atoms with Gasteiger partial charge in [0.2, 0.25) is 0 Å². The van der Waals surface area contributed by atoms with Crippen LogP contribution in [0.25, 0.3) is 0 Å². The van der Waals surface area contributed by atoms with Gasteiger partial charge in [-0.2, -0.15) is 0 Å². The number of hydrogen-bond acceptors (Lipinski definition) is 1. The Kier molecular flexibility index (Phi) is 2.12. The molecule has 1 aliphatic rings. The van der Waals surface area contributed by atoms with E-state index >= 15 is 0 Å². The van der Waals surface area contributed by atoms with Gasteiger partial charge in [0.05, 0.1) is 6.10 Å². The average molecular weight is 128 g/mol. The lowest BCUT2D eigenvalue weighted by Crippen LogP contribution is -2.05. The maximum Gasteiger partial charge on any atom is 0.0543 e. The van der Waals surface area contributed by atoms with Crippen molar-refractivity contribution in [1.29, 1.82) is 0 Å². The molecule has 0 aromatic carbocycles. The zero-order valence-corrected chi connectivity index (χ0v) is 6.30. The van der Waals surface area contributed by atoms with Crippen molar-refractivity contribution in [3.8, 4) is 0 Å². The van der Waals surface area contributed by atoms with Gasteiger partial charge in [-0.1, -0.05) is 13.8 Å². The summed E-state index contributed by atoms with van der Waals surface area (Å²) in [6, 6.07) is 0. The van der Waals surface area contributed by atoms with Crippen LogP contribution in [0.15, 0.2) is 0 Å². The predicted octanol–water partition coefficient (Wildman–Crippen LogP) is 1.80. The van der Waals surface area contributed by atoms with Crippen molar-refractivity contribution in [1.82, 2.24) is 0 Å². The van der Waals surface area contributed by atoms with Crippen LogP contribution in [0.2, 0.25) is 0 Å². The Labute approximate surface area is 57.1 Å². The van der Waals surface area contributed by atoms with Gasteiger partial charge in [-0.15, -0.1) is 0 Å². The molecule has 0 saturated heterocycles. The molecule has 1 aliphatic carbocycles. The molecule has 9 heavy (non-hydrogen) atoms. The minimum Gasteiger partial charge on any atom is -0.393 e. The molecule has 0 aliphatic heterocycles. The molecule has 2 atom stereocenters. The van der Waals surface area contributed by atoms with Crippen LogP contribution in [-0.4, -0.2) is 11.2 Å². The standard InChI is InChI=1S/C8H16O/c1-6(2)7-3-4-8(9)5-7/h6-9H,3-5H2,1-2H3/t7?,8-/m0/s1. The SMILES string of the molecule is CC(C)C1CC[C@H](O)C1. The van der Waals surface area contributed by atoms with Gasteiger partial charge < -0.3 is 5.11 Å². The number of aliphatic hydroxyl groups excluding tert-OH is 1. The summed E-state index contributed by atoms with van der Waals surface area (Å²) in [6.07, 6.45) is 3.32. The molecule has 54 valence electrons. The third-order valence-electron chi connectivity index (χ3n) is 2.39. The molecule has 0 heterocycles. The van der Waals surface area contributed by atoms with E-state index in [0.29, 0.717) is 0 Å². The first-order valence-electron chi connectivity index (χ1n) is 3.88. The van der Waals surface area contributed by atoms with Crippen LogP contribution in [0.3, 0.4) is 0 Å². The summed E-state index contributed by atoms with van der Waals surface area (Å²) < 4.78 is 0. The van der Waals surface area contributed by atoms with Gasteiger partial charge >= 0.3 is 0 Å². The lowest BCUT2D eigenvalue weighted by atomic mass is 9.95. The van der Waals surface area contributed by atoms with Gasteiger partial charge in [-0.3, -0.25) is 0 Å². The maximum absolute atomic E-state index is 9.15. The first kappa shape index (κ1) is 7.07. The second-order valence-corrected chi connectivity index (χ2v) is 3.47. The molecule has 1 heteroatoms. The summed E-state index contributed by atoms with van der Waals surface area (Å²) >= 11 is 0. The Morgan fingerprint density at radius 1 is 1.33 bits per heavy atom. The van der Waals surface area contributed by atoms with Crippen LogP contribution in [0.1, 0.15) is 33.1 Å². The Morgan fingerprint density at radius 2 is 2.00 bits per heavy atom. The summed E-state index contributed by atoms with van der Waals surface area (Å²) in [4.78, 5) is 0. The van der Waals surface area contributed by atoms with Crippen LogP contribution in [0.5, 0.6) is 0 Å². The highest BCUT2D eigenvalue weighted by Crippen LogP contribution is 2.30. The van der Waals surface area contributed by atoms with Crippen molar-refractivity contribution in [3.05, 3.63) is 0 Å². The fourth-order valence-electron chi connectivity index (χ4n) is 1.60. The molecular weight excluding hydrogens is 112 g/mol. The molecule has 0 spiro atoms. The summed E-state index contributed by atoms with van der Waals surface area (Å²) in [5, 5.41) is 9.15. The minimum absolute atomic E-state index is 0.0115. The van der Waals surface area contributed by atoms with E-state index in [1.54, 1.807) is 0 Å². The fourth-order valence-corrected chi connectivity index (χ4v) is 1.60. The highest BCUT2D eigenvalue weighted by Gasteiger charge is 2.24. The quantitative estimate of drug-likeness (QED) is 0.571. The van der Waals surface area contributed by atoms with E-state index in [4.69, 9.17) is 5.11 Å². The molecule has 0 bridgehead atoms. The molecule has 1 unspecified atom stereocenters. The van der Waals surface area contributed by atoms with Crippen molar-refractivity contribution in [2.45, 2.75) is 39.2 Å². The first-order chi connectivity index (χ1) is 4.20. The number of hydrogen-bond donors (Lipinski definition) is 1. The van der Waals surface area contributed by atoms with E-state index in [-0.39, 0.29) is 6.10 Å². The summed E-state index contributed by atoms with van der Waals surface area (Å²) in [6.45, 7) is 4.48. The average Bonchev–Trinajstić information content (AvgIpc) is 2.14. The van der Waals surface area contributed by atoms with Gasteiger partial charge in [-0.25, -0.2) is 0 Å². The fraction of sp³-hybridized carbons (Fsp3) is 1.00. The van der Waals surface area contributed by atoms with Crippen molar-refractivity contribution in [2.24, 2.45) is 11.8 Å². The third kappa shape index (κ3) is 1.68. The Hall–Kier alpha value is -0.0400. The van der Waals surface area contributed by atoms with E-state index in [1.807, 2.05) is 0 Å². The van der Waals surface area contributed by atoms with Gasteiger partial charge in [0.15, 0.2) is 0 Å². The maximum atomic E-state index is 9.15. The van der Waals surface area contributed by atoms with Crippen LogP contribution in [0.4, 0.5) is 0 Å². The van der Waals surface area contributed by atoms with E-state index in [9.17, 15) is 0 Å². The Balaban J connectivity index is 2.30. The summed E-state index contributed by atoms with van der Waals surface area (Å²) in [7, 11) is 0. The molecule has 0 aromatic rings. The highest BCUT2D eigenvalue weighted by atomic mass is 16.3. The minimum atomic E-state index is 0.0115. The van der Waals surface area contributed by atoms with Crippen molar-refractivity contribution >= 4 is 0 Å². The summed E-state index contributed by atoms with van der Waals surface area (Å²) in [5.41, 5.74) is 0.